The fourth-order valence-electron chi connectivity index (χ4n) is 2.81. The summed E-state index contributed by atoms with van der Waals surface area (Å²) in [7, 11) is 0. The lowest BCUT2D eigenvalue weighted by molar-refractivity contribution is -0.384. The summed E-state index contributed by atoms with van der Waals surface area (Å²) in [5.41, 5.74) is 1.23. The van der Waals surface area contributed by atoms with Crippen LogP contribution in [0.1, 0.15) is 11.4 Å². The molecule has 0 aliphatic heterocycles. The highest BCUT2D eigenvalue weighted by Gasteiger charge is 2.05. The van der Waals surface area contributed by atoms with Crippen LogP contribution in [-0.2, 0) is 0 Å². The lowest BCUT2D eigenvalue weighted by Crippen LogP contribution is -2.09. The minimum absolute atomic E-state index is 0.0336. The van der Waals surface area contributed by atoms with Gasteiger partial charge in [0.05, 0.1) is 15.8 Å². The Labute approximate surface area is 147 Å². The van der Waals surface area contributed by atoms with E-state index in [9.17, 15) is 14.9 Å². The predicted octanol–water partition coefficient (Wildman–Crippen LogP) is 4.15. The van der Waals surface area contributed by atoms with Gasteiger partial charge in [0.25, 0.3) is 11.2 Å². The number of nitrogens with one attached hydrogen (secondary N) is 1. The third-order valence-electron chi connectivity index (χ3n) is 4.13. The number of H-pyrrole nitrogens is 1. The summed E-state index contributed by atoms with van der Waals surface area (Å²) in [5.74, 6) is 0.427. The first kappa shape index (κ1) is 15.7. The summed E-state index contributed by atoms with van der Waals surface area (Å²) in [6.07, 6.45) is 3.42. The summed E-state index contributed by atoms with van der Waals surface area (Å²) in [5, 5.41) is 13.2. The van der Waals surface area contributed by atoms with E-state index in [-0.39, 0.29) is 11.2 Å². The van der Waals surface area contributed by atoms with E-state index >= 15 is 0 Å². The molecule has 4 rings (SSSR count). The van der Waals surface area contributed by atoms with Crippen LogP contribution in [-0.4, -0.2) is 14.9 Å². The SMILES string of the molecule is O=c1[nH]c(/C=C\c2ccc([N+](=O)[O-])cc2)nc2cc3ccccc3cc12. The van der Waals surface area contributed by atoms with Gasteiger partial charge in [-0.05, 0) is 46.7 Å². The van der Waals surface area contributed by atoms with E-state index in [1.54, 1.807) is 24.3 Å². The molecule has 0 saturated heterocycles. The molecule has 0 amide bonds. The van der Waals surface area contributed by atoms with Gasteiger partial charge >= 0.3 is 0 Å². The zero-order chi connectivity index (χ0) is 18.1. The van der Waals surface area contributed by atoms with Crippen molar-refractivity contribution < 1.29 is 4.92 Å². The molecule has 126 valence electrons. The second-order valence-corrected chi connectivity index (χ2v) is 5.85. The summed E-state index contributed by atoms with van der Waals surface area (Å²) in [6.45, 7) is 0. The van der Waals surface area contributed by atoms with Crippen LogP contribution in [0.25, 0.3) is 33.8 Å². The van der Waals surface area contributed by atoms with Gasteiger partial charge in [-0.25, -0.2) is 4.98 Å². The molecule has 0 fully saturated rings. The molecule has 1 N–H and O–H groups in total. The van der Waals surface area contributed by atoms with Gasteiger partial charge < -0.3 is 4.98 Å². The van der Waals surface area contributed by atoms with E-state index in [2.05, 4.69) is 9.97 Å². The average molecular weight is 343 g/mol. The number of nitrogens with zero attached hydrogens (tertiary/aromatic N) is 2. The number of nitro groups is 1. The van der Waals surface area contributed by atoms with Crippen LogP contribution in [0.15, 0.2) is 65.5 Å². The predicted molar refractivity (Wildman–Crippen MR) is 102 cm³/mol. The number of hydrogen-bond donors (Lipinski definition) is 1. The molecule has 26 heavy (non-hydrogen) atoms. The van der Waals surface area contributed by atoms with Gasteiger partial charge in [-0.2, -0.15) is 0 Å². The van der Waals surface area contributed by atoms with Crippen LogP contribution in [0.4, 0.5) is 5.69 Å². The Hall–Kier alpha value is -3.80. The van der Waals surface area contributed by atoms with E-state index in [0.29, 0.717) is 16.7 Å². The van der Waals surface area contributed by atoms with Crippen molar-refractivity contribution >= 4 is 39.5 Å². The summed E-state index contributed by atoms with van der Waals surface area (Å²) >= 11 is 0. The van der Waals surface area contributed by atoms with Crippen LogP contribution in [0.2, 0.25) is 0 Å². The number of benzene rings is 3. The Kier molecular flexibility index (Phi) is 3.78. The Morgan fingerprint density at radius 2 is 1.65 bits per heavy atom. The maximum Gasteiger partial charge on any atom is 0.269 e. The number of non-ortho nitro benzene ring substituents is 1. The number of hydrogen-bond acceptors (Lipinski definition) is 4. The topological polar surface area (TPSA) is 88.9 Å². The molecule has 0 saturated carbocycles. The molecular weight excluding hydrogens is 330 g/mol. The highest BCUT2D eigenvalue weighted by molar-refractivity contribution is 5.96. The molecule has 0 atom stereocenters. The largest absolute Gasteiger partial charge is 0.306 e. The van der Waals surface area contributed by atoms with Crippen molar-refractivity contribution in [3.8, 4) is 0 Å². The Morgan fingerprint density at radius 1 is 0.962 bits per heavy atom. The highest BCUT2D eigenvalue weighted by atomic mass is 16.6. The normalized spacial score (nSPS) is 11.4. The van der Waals surface area contributed by atoms with Gasteiger partial charge in [0.15, 0.2) is 0 Å². The second kappa shape index (κ2) is 6.25. The van der Waals surface area contributed by atoms with Gasteiger partial charge in [0.2, 0.25) is 0 Å². The third kappa shape index (κ3) is 2.95. The first-order chi connectivity index (χ1) is 12.6. The fourth-order valence-corrected chi connectivity index (χ4v) is 2.81. The number of fused-ring (bicyclic) bond motifs is 2. The third-order valence-corrected chi connectivity index (χ3v) is 4.13. The Bertz CT molecular complexity index is 1220. The van der Waals surface area contributed by atoms with E-state index < -0.39 is 4.92 Å². The molecule has 0 radical (unpaired) electrons. The fraction of sp³-hybridized carbons (Fsp3) is 0. The smallest absolute Gasteiger partial charge is 0.269 e. The van der Waals surface area contributed by atoms with Crippen molar-refractivity contribution in [2.45, 2.75) is 0 Å². The molecule has 0 aliphatic carbocycles. The molecule has 1 heterocycles. The molecule has 0 unspecified atom stereocenters. The molecule has 6 heteroatoms. The van der Waals surface area contributed by atoms with Gasteiger partial charge in [0, 0.05) is 12.1 Å². The monoisotopic (exact) mass is 343 g/mol. The first-order valence-electron chi connectivity index (χ1n) is 7.95. The van der Waals surface area contributed by atoms with Crippen molar-refractivity contribution in [2.75, 3.05) is 0 Å². The second-order valence-electron chi connectivity index (χ2n) is 5.85. The lowest BCUT2D eigenvalue weighted by Gasteiger charge is -2.02. The number of aromatic nitrogens is 2. The molecule has 0 bridgehead atoms. The van der Waals surface area contributed by atoms with Crippen LogP contribution in [0.5, 0.6) is 0 Å². The number of nitro benzene ring substituents is 1. The summed E-state index contributed by atoms with van der Waals surface area (Å²) in [4.78, 5) is 29.9. The van der Waals surface area contributed by atoms with Crippen molar-refractivity contribution in [3.63, 3.8) is 0 Å². The molecule has 0 aliphatic rings. The molecule has 4 aromatic rings. The average Bonchev–Trinajstić information content (AvgIpc) is 2.65. The maximum absolute atomic E-state index is 12.4. The van der Waals surface area contributed by atoms with Crippen LogP contribution >= 0.6 is 0 Å². The van der Waals surface area contributed by atoms with Crippen molar-refractivity contribution in [1.29, 1.82) is 0 Å². The van der Waals surface area contributed by atoms with E-state index in [1.807, 2.05) is 36.4 Å². The zero-order valence-electron chi connectivity index (χ0n) is 13.5. The standard InChI is InChI=1S/C20H13N3O3/c24-20-17-11-14-3-1-2-4-15(14)12-18(17)21-19(22-20)10-7-13-5-8-16(9-6-13)23(25)26/h1-12H,(H,21,22,24)/b10-7-. The molecule has 1 aromatic heterocycles. The molecule has 3 aromatic carbocycles. The minimum Gasteiger partial charge on any atom is -0.306 e. The quantitative estimate of drug-likeness (QED) is 0.344. The lowest BCUT2D eigenvalue weighted by atomic mass is 10.1. The van der Waals surface area contributed by atoms with Gasteiger partial charge in [-0.1, -0.05) is 30.3 Å². The van der Waals surface area contributed by atoms with Gasteiger partial charge in [-0.3, -0.25) is 14.9 Å². The maximum atomic E-state index is 12.4. The van der Waals surface area contributed by atoms with Crippen LogP contribution in [0, 0.1) is 10.1 Å². The van der Waals surface area contributed by atoms with Gasteiger partial charge in [-0.15, -0.1) is 0 Å². The van der Waals surface area contributed by atoms with Crippen molar-refractivity contribution in [1.82, 2.24) is 9.97 Å². The molecule has 0 spiro atoms. The minimum atomic E-state index is -0.444. The van der Waals surface area contributed by atoms with E-state index in [1.165, 1.54) is 12.1 Å². The highest BCUT2D eigenvalue weighted by Crippen LogP contribution is 2.19. The van der Waals surface area contributed by atoms with Crippen LogP contribution in [0.3, 0.4) is 0 Å². The van der Waals surface area contributed by atoms with Crippen molar-refractivity contribution in [3.05, 3.63) is 92.5 Å². The number of aromatic amines is 1. The van der Waals surface area contributed by atoms with E-state index in [4.69, 9.17) is 0 Å². The van der Waals surface area contributed by atoms with Crippen LogP contribution < -0.4 is 5.56 Å². The first-order valence-corrected chi connectivity index (χ1v) is 7.95. The Balaban J connectivity index is 1.73. The van der Waals surface area contributed by atoms with E-state index in [0.717, 1.165) is 16.3 Å². The summed E-state index contributed by atoms with van der Waals surface area (Å²) in [6, 6.07) is 17.7. The molecule has 6 nitrogen and oxygen atoms in total. The van der Waals surface area contributed by atoms with Gasteiger partial charge in [0.1, 0.15) is 5.82 Å². The molecular formula is C20H13N3O3. The van der Waals surface area contributed by atoms with Crippen molar-refractivity contribution in [2.24, 2.45) is 0 Å². The number of rotatable bonds is 3. The zero-order valence-corrected chi connectivity index (χ0v) is 13.5. The Morgan fingerprint density at radius 3 is 2.35 bits per heavy atom. The summed E-state index contributed by atoms with van der Waals surface area (Å²) < 4.78 is 0.